The third kappa shape index (κ3) is 5.05. The minimum atomic E-state index is 0.262. The molecule has 1 aliphatic carbocycles. The van der Waals surface area contributed by atoms with Gasteiger partial charge in [0.05, 0.1) is 0 Å². The van der Waals surface area contributed by atoms with Crippen molar-refractivity contribution in [2.24, 2.45) is 0 Å². The summed E-state index contributed by atoms with van der Waals surface area (Å²) in [6, 6.07) is 48.4. The summed E-state index contributed by atoms with van der Waals surface area (Å²) < 4.78 is 0. The zero-order valence-electron chi connectivity index (χ0n) is 21.5. The Hall–Kier alpha value is -5.08. The maximum absolute atomic E-state index is 9.73. The summed E-state index contributed by atoms with van der Waals surface area (Å²) in [5, 5.41) is 19.4. The van der Waals surface area contributed by atoms with E-state index in [-0.39, 0.29) is 11.5 Å². The average molecular weight is 505 g/mol. The van der Waals surface area contributed by atoms with Crippen LogP contribution in [0.3, 0.4) is 0 Å². The molecule has 2 nitrogen and oxygen atoms in total. The van der Waals surface area contributed by atoms with Crippen molar-refractivity contribution in [3.63, 3.8) is 0 Å². The maximum Gasteiger partial charge on any atom is 0.115 e. The average Bonchev–Trinajstić information content (AvgIpc) is 3.38. The van der Waals surface area contributed by atoms with Crippen molar-refractivity contribution < 1.29 is 10.2 Å². The van der Waals surface area contributed by atoms with Crippen molar-refractivity contribution in [3.05, 3.63) is 157 Å². The van der Waals surface area contributed by atoms with Crippen LogP contribution >= 0.6 is 0 Å². The number of rotatable bonds is 3. The minimum absolute atomic E-state index is 0.262. The first-order chi connectivity index (χ1) is 19.2. The molecule has 0 atom stereocenters. The van der Waals surface area contributed by atoms with Gasteiger partial charge in [0.15, 0.2) is 0 Å². The molecule has 0 bridgehead atoms. The van der Waals surface area contributed by atoms with Crippen LogP contribution in [-0.2, 0) is 6.42 Å². The molecule has 0 fully saturated rings. The highest BCUT2D eigenvalue weighted by molar-refractivity contribution is 5.93. The zero-order valence-corrected chi connectivity index (χ0v) is 21.5. The van der Waals surface area contributed by atoms with Gasteiger partial charge in [-0.15, -0.1) is 0 Å². The van der Waals surface area contributed by atoms with Gasteiger partial charge >= 0.3 is 0 Å². The molecule has 0 heterocycles. The van der Waals surface area contributed by atoms with Crippen molar-refractivity contribution in [1.82, 2.24) is 0 Å². The maximum atomic E-state index is 9.73. The number of aromatic hydroxyl groups is 2. The first kappa shape index (κ1) is 24.3. The molecule has 0 amide bonds. The molecule has 0 spiro atoms. The smallest absolute Gasteiger partial charge is 0.115 e. The van der Waals surface area contributed by atoms with Crippen LogP contribution in [0.5, 0.6) is 11.5 Å². The van der Waals surface area contributed by atoms with E-state index in [0.717, 1.165) is 23.1 Å². The summed E-state index contributed by atoms with van der Waals surface area (Å²) in [5.41, 5.74) is 12.2. The van der Waals surface area contributed by atoms with Gasteiger partial charge in [-0.05, 0) is 86.3 Å². The van der Waals surface area contributed by atoms with Gasteiger partial charge in [-0.2, -0.15) is 0 Å². The number of fused-ring (bicyclic) bond motifs is 3. The predicted molar refractivity (Wildman–Crippen MR) is 161 cm³/mol. The molecule has 0 saturated carbocycles. The molecule has 0 saturated heterocycles. The lowest BCUT2D eigenvalue weighted by Crippen LogP contribution is -1.93. The summed E-state index contributed by atoms with van der Waals surface area (Å²) in [4.78, 5) is 0. The van der Waals surface area contributed by atoms with Crippen molar-refractivity contribution in [1.29, 1.82) is 0 Å². The lowest BCUT2D eigenvalue weighted by atomic mass is 9.88. The molecule has 1 aliphatic rings. The van der Waals surface area contributed by atoms with Gasteiger partial charge in [-0.1, -0.05) is 121 Å². The Balaban J connectivity index is 0.000000193. The highest BCUT2D eigenvalue weighted by atomic mass is 16.3. The van der Waals surface area contributed by atoms with E-state index < -0.39 is 0 Å². The Bertz CT molecular complexity index is 1670. The van der Waals surface area contributed by atoms with Crippen LogP contribution in [0.4, 0.5) is 0 Å². The van der Waals surface area contributed by atoms with Gasteiger partial charge in [-0.3, -0.25) is 0 Å². The van der Waals surface area contributed by atoms with E-state index in [2.05, 4.69) is 84.9 Å². The van der Waals surface area contributed by atoms with Crippen LogP contribution in [0.25, 0.3) is 44.5 Å². The molecular formula is C37H28O2. The van der Waals surface area contributed by atoms with Crippen molar-refractivity contribution in [2.75, 3.05) is 0 Å². The molecule has 7 rings (SSSR count). The Morgan fingerprint density at radius 3 is 1.44 bits per heavy atom. The van der Waals surface area contributed by atoms with Gasteiger partial charge in [-0.25, -0.2) is 0 Å². The molecule has 188 valence electrons. The van der Waals surface area contributed by atoms with E-state index in [9.17, 15) is 10.2 Å². The molecule has 0 radical (unpaired) electrons. The quantitative estimate of drug-likeness (QED) is 0.252. The van der Waals surface area contributed by atoms with Crippen molar-refractivity contribution in [2.45, 2.75) is 6.42 Å². The van der Waals surface area contributed by atoms with Crippen molar-refractivity contribution >= 4 is 0 Å². The molecular weight excluding hydrogens is 476 g/mol. The number of phenols is 2. The van der Waals surface area contributed by atoms with E-state index in [4.69, 9.17) is 0 Å². The van der Waals surface area contributed by atoms with E-state index in [1.807, 2.05) is 36.4 Å². The fourth-order valence-corrected chi connectivity index (χ4v) is 5.31. The summed E-state index contributed by atoms with van der Waals surface area (Å²) in [6.07, 6.45) is 0.896. The molecule has 39 heavy (non-hydrogen) atoms. The zero-order chi connectivity index (χ0) is 26.6. The van der Waals surface area contributed by atoms with Crippen LogP contribution in [0.1, 0.15) is 11.1 Å². The lowest BCUT2D eigenvalue weighted by Gasteiger charge is -2.16. The second-order valence-corrected chi connectivity index (χ2v) is 9.67. The Morgan fingerprint density at radius 1 is 0.359 bits per heavy atom. The molecule has 6 aromatic carbocycles. The molecule has 0 unspecified atom stereocenters. The van der Waals surface area contributed by atoms with Crippen LogP contribution in [0.15, 0.2) is 146 Å². The van der Waals surface area contributed by atoms with Gasteiger partial charge in [0.2, 0.25) is 0 Å². The van der Waals surface area contributed by atoms with Gasteiger partial charge in [0.25, 0.3) is 0 Å². The van der Waals surface area contributed by atoms with Gasteiger partial charge in [0, 0.05) is 0 Å². The number of hydrogen-bond donors (Lipinski definition) is 2. The predicted octanol–water partition coefficient (Wildman–Crippen LogP) is 9.36. The highest BCUT2D eigenvalue weighted by Crippen LogP contribution is 2.46. The Labute approximate surface area is 229 Å². The second-order valence-electron chi connectivity index (χ2n) is 9.67. The van der Waals surface area contributed by atoms with E-state index in [1.165, 1.54) is 38.9 Å². The SMILES string of the molecule is Oc1ccc(-c2ccc3c(c2-c2ccc(O)cc2)Cc2ccccc2-3)cc1.c1ccc(-c2ccccc2)cc1. The van der Waals surface area contributed by atoms with E-state index in [1.54, 1.807) is 24.3 Å². The van der Waals surface area contributed by atoms with Crippen LogP contribution < -0.4 is 0 Å². The lowest BCUT2D eigenvalue weighted by molar-refractivity contribution is 0.475. The second kappa shape index (κ2) is 10.7. The molecule has 6 aromatic rings. The first-order valence-corrected chi connectivity index (χ1v) is 13.1. The van der Waals surface area contributed by atoms with Gasteiger partial charge in [0.1, 0.15) is 11.5 Å². The molecule has 0 aromatic heterocycles. The van der Waals surface area contributed by atoms with E-state index >= 15 is 0 Å². The normalized spacial score (nSPS) is 11.2. The highest BCUT2D eigenvalue weighted by Gasteiger charge is 2.24. The summed E-state index contributed by atoms with van der Waals surface area (Å²) in [5.74, 6) is 0.527. The topological polar surface area (TPSA) is 40.5 Å². The standard InChI is InChI=1S/C25H18O2.C12H10/c26-19-9-5-16(6-10-19)22-13-14-23-21-4-2-1-3-18(21)15-24(23)25(22)17-7-11-20(27)12-8-17;1-3-7-11(8-4-1)12-9-5-2-6-10-12/h1-14,26-27H,15H2;1-10H. The minimum Gasteiger partial charge on any atom is -0.508 e. The third-order valence-electron chi connectivity index (χ3n) is 7.20. The number of hydrogen-bond acceptors (Lipinski definition) is 2. The van der Waals surface area contributed by atoms with Crippen LogP contribution in [0, 0.1) is 0 Å². The van der Waals surface area contributed by atoms with E-state index in [0.29, 0.717) is 0 Å². The summed E-state index contributed by atoms with van der Waals surface area (Å²) in [7, 11) is 0. The number of phenolic OH excluding ortho intramolecular Hbond substituents is 2. The first-order valence-electron chi connectivity index (χ1n) is 13.1. The largest absolute Gasteiger partial charge is 0.508 e. The van der Waals surface area contributed by atoms with Crippen molar-refractivity contribution in [3.8, 4) is 56.0 Å². The molecule has 2 N–H and O–H groups in total. The van der Waals surface area contributed by atoms with Crippen LogP contribution in [-0.4, -0.2) is 10.2 Å². The van der Waals surface area contributed by atoms with Crippen LogP contribution in [0.2, 0.25) is 0 Å². The number of benzene rings is 6. The monoisotopic (exact) mass is 504 g/mol. The summed E-state index contributed by atoms with van der Waals surface area (Å²) in [6.45, 7) is 0. The third-order valence-corrected chi connectivity index (χ3v) is 7.20. The Morgan fingerprint density at radius 2 is 0.846 bits per heavy atom. The fourth-order valence-electron chi connectivity index (χ4n) is 5.31. The fraction of sp³-hybridized carbons (Fsp3) is 0.0270. The van der Waals surface area contributed by atoms with Gasteiger partial charge < -0.3 is 10.2 Å². The Kier molecular flexibility index (Phi) is 6.67. The molecule has 0 aliphatic heterocycles. The molecule has 2 heteroatoms. The summed E-state index contributed by atoms with van der Waals surface area (Å²) >= 11 is 0.